The summed E-state index contributed by atoms with van der Waals surface area (Å²) in [7, 11) is 0. The highest BCUT2D eigenvalue weighted by atomic mass is 14.3. The maximum absolute atomic E-state index is 2.41. The van der Waals surface area contributed by atoms with Gasteiger partial charge >= 0.3 is 0 Å². The van der Waals surface area contributed by atoms with E-state index in [-0.39, 0.29) is 0 Å². The molecule has 0 spiro atoms. The predicted octanol–water partition coefficient (Wildman–Crippen LogP) is 5.49. The average molecular weight is 230 g/mol. The third-order valence-corrected chi connectivity index (χ3v) is 4.41. The second-order valence-corrected chi connectivity index (χ2v) is 6.76. The summed E-state index contributed by atoms with van der Waals surface area (Å²) in [6.45, 7) is 9.34. The van der Waals surface area contributed by atoms with Crippen LogP contribution in [0.3, 0.4) is 0 Å². The van der Waals surface area contributed by atoms with E-state index in [9.17, 15) is 0 Å². The molecule has 0 unspecified atom stereocenters. The minimum Gasteiger partial charge on any atom is -0.0599 e. The second kappa shape index (κ2) is 4.84. The van der Waals surface area contributed by atoms with Gasteiger partial charge in [0.25, 0.3) is 0 Å². The Morgan fingerprint density at radius 1 is 1.00 bits per heavy atom. The number of benzene rings is 1. The number of hydrogen-bond acceptors (Lipinski definition) is 0. The van der Waals surface area contributed by atoms with E-state index in [4.69, 9.17) is 0 Å². The van der Waals surface area contributed by atoms with Crippen molar-refractivity contribution < 1.29 is 0 Å². The van der Waals surface area contributed by atoms with Crippen molar-refractivity contribution in [2.45, 2.75) is 65.2 Å². The van der Waals surface area contributed by atoms with E-state index in [1.165, 1.54) is 31.2 Å². The van der Waals surface area contributed by atoms with Crippen LogP contribution in [0.5, 0.6) is 0 Å². The second-order valence-electron chi connectivity index (χ2n) is 6.76. The summed E-state index contributed by atoms with van der Waals surface area (Å²) in [5.41, 5.74) is 3.60. The van der Waals surface area contributed by atoms with Crippen molar-refractivity contribution in [3.63, 3.8) is 0 Å². The van der Waals surface area contributed by atoms with Crippen LogP contribution in [-0.2, 0) is 0 Å². The Labute approximate surface area is 106 Å². The van der Waals surface area contributed by atoms with Gasteiger partial charge in [0.2, 0.25) is 0 Å². The Morgan fingerprint density at radius 3 is 2.00 bits per heavy atom. The fourth-order valence-corrected chi connectivity index (χ4v) is 2.89. The van der Waals surface area contributed by atoms with Crippen LogP contribution in [0, 0.1) is 5.41 Å². The summed E-state index contributed by atoms with van der Waals surface area (Å²) in [4.78, 5) is 0. The monoisotopic (exact) mass is 230 g/mol. The van der Waals surface area contributed by atoms with Crippen LogP contribution >= 0.6 is 0 Å². The number of rotatable bonds is 2. The van der Waals surface area contributed by atoms with Crippen LogP contribution < -0.4 is 0 Å². The summed E-state index contributed by atoms with van der Waals surface area (Å²) in [6, 6.07) is 9.36. The normalized spacial score (nSPS) is 20.8. The van der Waals surface area contributed by atoms with Crippen LogP contribution in [0.15, 0.2) is 24.3 Å². The zero-order chi connectivity index (χ0) is 12.5. The van der Waals surface area contributed by atoms with Gasteiger partial charge in [-0.05, 0) is 54.1 Å². The van der Waals surface area contributed by atoms with Gasteiger partial charge in [-0.25, -0.2) is 0 Å². The molecule has 0 aromatic heterocycles. The van der Waals surface area contributed by atoms with Gasteiger partial charge in [0, 0.05) is 0 Å². The highest BCUT2D eigenvalue weighted by Crippen LogP contribution is 2.42. The highest BCUT2D eigenvalue weighted by Gasteiger charge is 2.27. The topological polar surface area (TPSA) is 0 Å². The van der Waals surface area contributed by atoms with E-state index in [2.05, 4.69) is 52.0 Å². The molecular weight excluding hydrogens is 204 g/mol. The Hall–Kier alpha value is -0.780. The van der Waals surface area contributed by atoms with Crippen LogP contribution in [0.2, 0.25) is 0 Å². The Balaban J connectivity index is 2.04. The first kappa shape index (κ1) is 12.7. The van der Waals surface area contributed by atoms with Gasteiger partial charge in [-0.15, -0.1) is 0 Å². The summed E-state index contributed by atoms with van der Waals surface area (Å²) in [5, 5.41) is 0. The van der Waals surface area contributed by atoms with Crippen LogP contribution in [0.25, 0.3) is 0 Å². The summed E-state index contributed by atoms with van der Waals surface area (Å²) < 4.78 is 0. The standard InChI is InChI=1S/C17H26/c1-13(2)14-5-7-15(8-6-14)16-9-11-17(3,4)12-10-16/h5-8,13,16H,9-12H2,1-4H3. The van der Waals surface area contributed by atoms with Crippen molar-refractivity contribution in [2.24, 2.45) is 5.41 Å². The van der Waals surface area contributed by atoms with E-state index >= 15 is 0 Å². The molecule has 0 aliphatic heterocycles. The zero-order valence-electron chi connectivity index (χ0n) is 11.8. The van der Waals surface area contributed by atoms with Gasteiger partial charge in [-0.1, -0.05) is 52.0 Å². The van der Waals surface area contributed by atoms with Gasteiger partial charge in [-0.2, -0.15) is 0 Å². The van der Waals surface area contributed by atoms with Crippen LogP contribution in [0.4, 0.5) is 0 Å². The predicted molar refractivity (Wildman–Crippen MR) is 75.5 cm³/mol. The van der Waals surface area contributed by atoms with E-state index in [0.29, 0.717) is 11.3 Å². The summed E-state index contributed by atoms with van der Waals surface area (Å²) in [6.07, 6.45) is 5.50. The average Bonchev–Trinajstić information content (AvgIpc) is 2.29. The third kappa shape index (κ3) is 3.12. The Kier molecular flexibility index (Phi) is 3.61. The molecule has 1 fully saturated rings. The lowest BCUT2D eigenvalue weighted by molar-refractivity contribution is 0.224. The van der Waals surface area contributed by atoms with E-state index in [1.807, 2.05) is 0 Å². The van der Waals surface area contributed by atoms with E-state index < -0.39 is 0 Å². The maximum atomic E-state index is 2.41. The fraction of sp³-hybridized carbons (Fsp3) is 0.647. The van der Waals surface area contributed by atoms with Crippen molar-refractivity contribution in [1.82, 2.24) is 0 Å². The molecule has 2 rings (SSSR count). The number of hydrogen-bond donors (Lipinski definition) is 0. The SMILES string of the molecule is CC(C)c1ccc(C2CCC(C)(C)CC2)cc1. The lowest BCUT2D eigenvalue weighted by Gasteiger charge is -2.34. The molecule has 0 nitrogen and oxygen atoms in total. The molecule has 0 atom stereocenters. The van der Waals surface area contributed by atoms with Gasteiger partial charge in [0.15, 0.2) is 0 Å². The smallest absolute Gasteiger partial charge is 0.0162 e. The van der Waals surface area contributed by atoms with Crippen LogP contribution in [-0.4, -0.2) is 0 Å². The quantitative estimate of drug-likeness (QED) is 0.630. The summed E-state index contributed by atoms with van der Waals surface area (Å²) >= 11 is 0. The molecule has 94 valence electrons. The summed E-state index contributed by atoms with van der Waals surface area (Å²) in [5.74, 6) is 1.46. The first-order valence-electron chi connectivity index (χ1n) is 7.08. The van der Waals surface area contributed by atoms with Crippen molar-refractivity contribution in [2.75, 3.05) is 0 Å². The molecule has 0 bridgehead atoms. The van der Waals surface area contributed by atoms with Crippen molar-refractivity contribution in [3.8, 4) is 0 Å². The molecular formula is C17H26. The van der Waals surface area contributed by atoms with Gasteiger partial charge in [0.1, 0.15) is 0 Å². The molecule has 0 N–H and O–H groups in total. The molecule has 1 aromatic rings. The van der Waals surface area contributed by atoms with Crippen LogP contribution in [0.1, 0.15) is 76.3 Å². The molecule has 0 heterocycles. The molecule has 1 saturated carbocycles. The zero-order valence-corrected chi connectivity index (χ0v) is 11.8. The Morgan fingerprint density at radius 2 is 1.53 bits per heavy atom. The molecule has 0 saturated heterocycles. The molecule has 0 radical (unpaired) electrons. The minimum atomic E-state index is 0.578. The minimum absolute atomic E-state index is 0.578. The van der Waals surface area contributed by atoms with Gasteiger partial charge in [-0.3, -0.25) is 0 Å². The van der Waals surface area contributed by atoms with E-state index in [0.717, 1.165) is 5.92 Å². The maximum Gasteiger partial charge on any atom is -0.0162 e. The highest BCUT2D eigenvalue weighted by molar-refractivity contribution is 5.27. The molecule has 1 aliphatic carbocycles. The Bertz CT molecular complexity index is 346. The third-order valence-electron chi connectivity index (χ3n) is 4.41. The first-order chi connectivity index (χ1) is 7.98. The molecule has 1 aliphatic rings. The van der Waals surface area contributed by atoms with Crippen molar-refractivity contribution in [1.29, 1.82) is 0 Å². The largest absolute Gasteiger partial charge is 0.0599 e. The first-order valence-corrected chi connectivity index (χ1v) is 7.08. The fourth-order valence-electron chi connectivity index (χ4n) is 2.89. The van der Waals surface area contributed by atoms with Gasteiger partial charge in [0.05, 0.1) is 0 Å². The molecule has 0 heteroatoms. The molecule has 17 heavy (non-hydrogen) atoms. The lowest BCUT2D eigenvalue weighted by Crippen LogP contribution is -2.20. The van der Waals surface area contributed by atoms with Crippen molar-refractivity contribution >= 4 is 0 Å². The van der Waals surface area contributed by atoms with Gasteiger partial charge < -0.3 is 0 Å². The van der Waals surface area contributed by atoms with Crippen molar-refractivity contribution in [3.05, 3.63) is 35.4 Å². The van der Waals surface area contributed by atoms with E-state index in [1.54, 1.807) is 5.56 Å². The molecule has 1 aromatic carbocycles. The molecule has 0 amide bonds. The lowest BCUT2D eigenvalue weighted by atomic mass is 9.71.